The van der Waals surface area contributed by atoms with Crippen LogP contribution in [0.2, 0.25) is 0 Å². The fourth-order valence-corrected chi connectivity index (χ4v) is 1.52. The van der Waals surface area contributed by atoms with Crippen LogP contribution in [0.3, 0.4) is 0 Å². The van der Waals surface area contributed by atoms with Crippen molar-refractivity contribution in [2.45, 2.75) is 20.3 Å². The van der Waals surface area contributed by atoms with Crippen LogP contribution in [0.15, 0.2) is 18.2 Å². The fraction of sp³-hybridized carbons (Fsp3) is 0.333. The number of nitro benzene ring substituents is 1. The number of hydrogen-bond donors (Lipinski definition) is 0. The third-order valence-corrected chi connectivity index (χ3v) is 2.47. The van der Waals surface area contributed by atoms with Crippen LogP contribution < -0.4 is 0 Å². The van der Waals surface area contributed by atoms with Gasteiger partial charge in [0.1, 0.15) is 0 Å². The van der Waals surface area contributed by atoms with Gasteiger partial charge >= 0.3 is 5.97 Å². The number of carbonyl (C=O) groups is 2. The number of hydrogen-bond acceptors (Lipinski definition) is 5. The van der Waals surface area contributed by atoms with E-state index in [2.05, 4.69) is 4.74 Å². The average molecular weight is 251 g/mol. The highest BCUT2D eigenvalue weighted by molar-refractivity contribution is 6.34. The number of esters is 1. The summed E-state index contributed by atoms with van der Waals surface area (Å²) < 4.78 is 4.57. The number of ketones is 1. The molecule has 1 aromatic rings. The molecule has 1 aromatic carbocycles. The first-order chi connectivity index (χ1) is 8.47. The zero-order valence-electron chi connectivity index (χ0n) is 10.1. The molecule has 0 aromatic heterocycles. The average Bonchev–Trinajstić information content (AvgIpc) is 2.31. The SMILES string of the molecule is CCOC(=O)C(=O)Cc1cccc([N+](=O)[O-])c1C. The van der Waals surface area contributed by atoms with Crippen LogP contribution in [0, 0.1) is 17.0 Å². The van der Waals surface area contributed by atoms with Crippen LogP contribution in [0.4, 0.5) is 5.69 Å². The van der Waals surface area contributed by atoms with Crippen molar-refractivity contribution in [2.75, 3.05) is 6.61 Å². The minimum atomic E-state index is -0.914. The quantitative estimate of drug-likeness (QED) is 0.343. The molecule has 0 amide bonds. The van der Waals surface area contributed by atoms with Gasteiger partial charge in [-0.15, -0.1) is 0 Å². The van der Waals surface area contributed by atoms with Gasteiger partial charge in [-0.25, -0.2) is 4.79 Å². The summed E-state index contributed by atoms with van der Waals surface area (Å²) in [5.41, 5.74) is 0.784. The van der Waals surface area contributed by atoms with Gasteiger partial charge in [0.25, 0.3) is 5.69 Å². The first-order valence-electron chi connectivity index (χ1n) is 5.40. The zero-order chi connectivity index (χ0) is 13.7. The molecule has 0 unspecified atom stereocenters. The molecule has 0 spiro atoms. The maximum atomic E-state index is 11.5. The van der Waals surface area contributed by atoms with Crippen molar-refractivity contribution in [2.24, 2.45) is 0 Å². The molecule has 96 valence electrons. The van der Waals surface area contributed by atoms with E-state index in [4.69, 9.17) is 0 Å². The lowest BCUT2D eigenvalue weighted by molar-refractivity contribution is -0.385. The third kappa shape index (κ3) is 3.13. The van der Waals surface area contributed by atoms with E-state index in [1.54, 1.807) is 19.9 Å². The Bertz CT molecular complexity index is 495. The van der Waals surface area contributed by atoms with Gasteiger partial charge in [0.2, 0.25) is 5.78 Å². The third-order valence-electron chi connectivity index (χ3n) is 2.47. The van der Waals surface area contributed by atoms with Crippen molar-refractivity contribution in [1.29, 1.82) is 0 Å². The number of ether oxygens (including phenoxy) is 1. The van der Waals surface area contributed by atoms with E-state index in [1.807, 2.05) is 0 Å². The number of nitro groups is 1. The summed E-state index contributed by atoms with van der Waals surface area (Å²) in [5, 5.41) is 10.7. The van der Waals surface area contributed by atoms with E-state index >= 15 is 0 Å². The Labute approximate surface area is 104 Å². The second-order valence-electron chi connectivity index (χ2n) is 3.64. The molecule has 0 N–H and O–H groups in total. The lowest BCUT2D eigenvalue weighted by Gasteiger charge is -2.05. The Hall–Kier alpha value is -2.24. The minimum Gasteiger partial charge on any atom is -0.460 e. The summed E-state index contributed by atoms with van der Waals surface area (Å²) in [6.07, 6.45) is -0.188. The van der Waals surface area contributed by atoms with Gasteiger partial charge in [-0.1, -0.05) is 12.1 Å². The zero-order valence-corrected chi connectivity index (χ0v) is 10.1. The second kappa shape index (κ2) is 5.90. The molecule has 0 aliphatic carbocycles. The Kier molecular flexibility index (Phi) is 4.53. The second-order valence-corrected chi connectivity index (χ2v) is 3.64. The van der Waals surface area contributed by atoms with Crippen molar-refractivity contribution in [3.05, 3.63) is 39.4 Å². The van der Waals surface area contributed by atoms with Gasteiger partial charge in [-0.3, -0.25) is 14.9 Å². The Morgan fingerprint density at radius 1 is 1.39 bits per heavy atom. The Morgan fingerprint density at radius 3 is 2.61 bits per heavy atom. The van der Waals surface area contributed by atoms with Crippen LogP contribution in [0.5, 0.6) is 0 Å². The lowest BCUT2D eigenvalue weighted by atomic mass is 10.0. The molecule has 0 fully saturated rings. The largest absolute Gasteiger partial charge is 0.460 e. The van der Waals surface area contributed by atoms with Crippen LogP contribution >= 0.6 is 0 Å². The molecule has 0 aliphatic rings. The highest BCUT2D eigenvalue weighted by Crippen LogP contribution is 2.21. The monoisotopic (exact) mass is 251 g/mol. The molecular weight excluding hydrogens is 238 g/mol. The number of rotatable bonds is 5. The standard InChI is InChI=1S/C12H13NO5/c1-3-18-12(15)11(14)7-9-5-4-6-10(8(9)2)13(16)17/h4-6H,3,7H2,1-2H3. The van der Waals surface area contributed by atoms with Crippen molar-refractivity contribution < 1.29 is 19.2 Å². The summed E-state index contributed by atoms with van der Waals surface area (Å²) in [6.45, 7) is 3.27. The van der Waals surface area contributed by atoms with Gasteiger partial charge in [0.15, 0.2) is 0 Å². The first-order valence-corrected chi connectivity index (χ1v) is 5.40. The number of benzene rings is 1. The van der Waals surface area contributed by atoms with E-state index < -0.39 is 16.7 Å². The molecule has 0 saturated carbocycles. The topological polar surface area (TPSA) is 86.5 Å². The van der Waals surface area contributed by atoms with Gasteiger partial charge in [-0.2, -0.15) is 0 Å². The number of Topliss-reactive ketones (excluding diaryl/α,β-unsaturated/α-hetero) is 1. The van der Waals surface area contributed by atoms with Crippen LogP contribution in [0.1, 0.15) is 18.1 Å². The predicted molar refractivity (Wildman–Crippen MR) is 63.2 cm³/mol. The van der Waals surface area contributed by atoms with E-state index in [-0.39, 0.29) is 18.7 Å². The molecule has 0 aliphatic heterocycles. The molecule has 18 heavy (non-hydrogen) atoms. The Morgan fingerprint density at radius 2 is 2.06 bits per heavy atom. The van der Waals surface area contributed by atoms with Crippen LogP contribution in [-0.2, 0) is 20.7 Å². The van der Waals surface area contributed by atoms with Gasteiger partial charge in [0.05, 0.1) is 11.5 Å². The van der Waals surface area contributed by atoms with Crippen LogP contribution in [0.25, 0.3) is 0 Å². The van der Waals surface area contributed by atoms with E-state index in [9.17, 15) is 19.7 Å². The summed E-state index contributed by atoms with van der Waals surface area (Å²) in [5.74, 6) is -1.62. The summed E-state index contributed by atoms with van der Waals surface area (Å²) in [6, 6.07) is 4.42. The molecule has 0 saturated heterocycles. The smallest absolute Gasteiger partial charge is 0.374 e. The van der Waals surface area contributed by atoms with Crippen molar-refractivity contribution in [3.8, 4) is 0 Å². The van der Waals surface area contributed by atoms with E-state index in [0.29, 0.717) is 11.1 Å². The van der Waals surface area contributed by atoms with Gasteiger partial charge in [-0.05, 0) is 19.4 Å². The van der Waals surface area contributed by atoms with E-state index in [0.717, 1.165) is 0 Å². The molecule has 0 bridgehead atoms. The number of nitrogens with zero attached hydrogens (tertiary/aromatic N) is 1. The molecule has 6 heteroatoms. The Balaban J connectivity index is 2.92. The summed E-state index contributed by atoms with van der Waals surface area (Å²) >= 11 is 0. The fourth-order valence-electron chi connectivity index (χ4n) is 1.52. The molecule has 6 nitrogen and oxygen atoms in total. The normalized spacial score (nSPS) is 9.89. The van der Waals surface area contributed by atoms with Gasteiger partial charge in [0, 0.05) is 18.1 Å². The molecular formula is C12H13NO5. The maximum Gasteiger partial charge on any atom is 0.374 e. The van der Waals surface area contributed by atoms with Gasteiger partial charge < -0.3 is 4.74 Å². The lowest BCUT2D eigenvalue weighted by Crippen LogP contribution is -2.19. The molecule has 0 atom stereocenters. The highest BCUT2D eigenvalue weighted by Gasteiger charge is 2.19. The molecule has 0 heterocycles. The summed E-state index contributed by atoms with van der Waals surface area (Å²) in [7, 11) is 0. The predicted octanol–water partition coefficient (Wildman–Crippen LogP) is 1.58. The molecule has 0 radical (unpaired) electrons. The highest BCUT2D eigenvalue weighted by atomic mass is 16.6. The van der Waals surface area contributed by atoms with Crippen molar-refractivity contribution >= 4 is 17.4 Å². The first kappa shape index (κ1) is 13.8. The molecule has 1 rings (SSSR count). The van der Waals surface area contributed by atoms with Crippen LogP contribution in [-0.4, -0.2) is 23.3 Å². The van der Waals surface area contributed by atoms with E-state index in [1.165, 1.54) is 12.1 Å². The maximum absolute atomic E-state index is 11.5. The minimum absolute atomic E-state index is 0.0656. The van der Waals surface area contributed by atoms with Crippen molar-refractivity contribution in [1.82, 2.24) is 0 Å². The summed E-state index contributed by atoms with van der Waals surface area (Å²) in [4.78, 5) is 32.9. The van der Waals surface area contributed by atoms with Crippen molar-refractivity contribution in [3.63, 3.8) is 0 Å². The number of carbonyl (C=O) groups excluding carboxylic acids is 2.